The highest BCUT2D eigenvalue weighted by Crippen LogP contribution is 2.33. The largest absolute Gasteiger partial charge is 0.492 e. The number of anilines is 1. The summed E-state index contributed by atoms with van der Waals surface area (Å²) >= 11 is 3.18. The summed E-state index contributed by atoms with van der Waals surface area (Å²) in [7, 11) is 0. The number of H-pyrrole nitrogens is 1. The molecule has 0 unspecified atom stereocenters. The first-order valence-corrected chi connectivity index (χ1v) is 12.2. The van der Waals surface area contributed by atoms with Gasteiger partial charge in [-0.25, -0.2) is 4.98 Å². The van der Waals surface area contributed by atoms with Crippen LogP contribution >= 0.6 is 22.7 Å². The van der Waals surface area contributed by atoms with Gasteiger partial charge >= 0.3 is 0 Å². The van der Waals surface area contributed by atoms with E-state index in [1.54, 1.807) is 22.7 Å². The van der Waals surface area contributed by atoms with Crippen LogP contribution in [0.15, 0.2) is 52.0 Å². The molecule has 4 heterocycles. The van der Waals surface area contributed by atoms with Gasteiger partial charge in [-0.15, -0.1) is 22.7 Å². The number of hydrogen-bond acceptors (Lipinski definition) is 7. The van der Waals surface area contributed by atoms with E-state index in [1.165, 1.54) is 0 Å². The van der Waals surface area contributed by atoms with Crippen molar-refractivity contribution in [1.29, 1.82) is 0 Å². The van der Waals surface area contributed by atoms with Gasteiger partial charge in [0.25, 0.3) is 5.56 Å². The number of rotatable bonds is 6. The average molecular weight is 453 g/mol. The number of thiophene rings is 2. The summed E-state index contributed by atoms with van der Waals surface area (Å²) in [6, 6.07) is 12.3. The van der Waals surface area contributed by atoms with E-state index in [2.05, 4.69) is 26.9 Å². The first-order chi connectivity index (χ1) is 15.2. The third-order valence-electron chi connectivity index (χ3n) is 5.53. The molecule has 0 spiro atoms. The number of nitrogens with one attached hydrogen (secondary N) is 1. The number of nitrogens with zero attached hydrogens (tertiary/aromatic N) is 3. The van der Waals surface area contributed by atoms with Crippen LogP contribution in [0.25, 0.3) is 20.7 Å². The second kappa shape index (κ2) is 8.82. The Kier molecular flexibility index (Phi) is 5.76. The number of hydrogen-bond donors (Lipinski definition) is 1. The van der Waals surface area contributed by atoms with Gasteiger partial charge in [0.15, 0.2) is 0 Å². The zero-order valence-electron chi connectivity index (χ0n) is 17.3. The molecule has 6 nitrogen and oxygen atoms in total. The Morgan fingerprint density at radius 3 is 2.71 bits per heavy atom. The molecule has 1 saturated heterocycles. The quantitative estimate of drug-likeness (QED) is 0.469. The van der Waals surface area contributed by atoms with E-state index in [4.69, 9.17) is 9.72 Å². The van der Waals surface area contributed by atoms with Crippen LogP contribution in [0.2, 0.25) is 0 Å². The second-order valence-electron chi connectivity index (χ2n) is 7.48. The Morgan fingerprint density at radius 1 is 1.10 bits per heavy atom. The van der Waals surface area contributed by atoms with Gasteiger partial charge in [0.1, 0.15) is 16.4 Å². The summed E-state index contributed by atoms with van der Waals surface area (Å²) in [4.78, 5) is 27.3. The Balaban J connectivity index is 1.29. The number of benzene rings is 1. The SMILES string of the molecule is CCOc1ccccc1N1CCN(Cc2nc3scc(-c4cccs4)c3c(=O)[nH]2)CC1. The van der Waals surface area contributed by atoms with Crippen LogP contribution in [-0.2, 0) is 6.54 Å². The van der Waals surface area contributed by atoms with E-state index in [9.17, 15) is 4.79 Å². The van der Waals surface area contributed by atoms with Crippen LogP contribution in [0.1, 0.15) is 12.7 Å². The number of aromatic amines is 1. The van der Waals surface area contributed by atoms with Crippen molar-refractivity contribution >= 4 is 38.6 Å². The number of ether oxygens (including phenoxy) is 1. The molecule has 0 amide bonds. The first-order valence-electron chi connectivity index (χ1n) is 10.5. The van der Waals surface area contributed by atoms with Crippen LogP contribution < -0.4 is 15.2 Å². The Bertz CT molecular complexity index is 1220. The lowest BCUT2D eigenvalue weighted by atomic mass is 10.2. The predicted molar refractivity (Wildman–Crippen MR) is 129 cm³/mol. The molecule has 31 heavy (non-hydrogen) atoms. The van der Waals surface area contributed by atoms with Crippen LogP contribution in [0.5, 0.6) is 5.75 Å². The fourth-order valence-corrected chi connectivity index (χ4v) is 5.82. The van der Waals surface area contributed by atoms with Crippen molar-refractivity contribution < 1.29 is 4.74 Å². The lowest BCUT2D eigenvalue weighted by Crippen LogP contribution is -2.46. The summed E-state index contributed by atoms with van der Waals surface area (Å²) in [5.41, 5.74) is 2.09. The number of fused-ring (bicyclic) bond motifs is 1. The van der Waals surface area contributed by atoms with Gasteiger partial charge in [-0.1, -0.05) is 18.2 Å². The molecular formula is C23H24N4O2S2. The van der Waals surface area contributed by atoms with Crippen molar-refractivity contribution in [3.63, 3.8) is 0 Å². The van der Waals surface area contributed by atoms with Crippen molar-refractivity contribution in [2.75, 3.05) is 37.7 Å². The van der Waals surface area contributed by atoms with E-state index >= 15 is 0 Å². The van der Waals surface area contributed by atoms with Crippen molar-refractivity contribution in [3.05, 3.63) is 63.3 Å². The highest BCUT2D eigenvalue weighted by atomic mass is 32.1. The summed E-state index contributed by atoms with van der Waals surface area (Å²) in [5, 5.41) is 4.77. The maximum atomic E-state index is 12.8. The molecule has 1 aliphatic rings. The van der Waals surface area contributed by atoms with Gasteiger partial charge < -0.3 is 14.6 Å². The zero-order chi connectivity index (χ0) is 21.2. The highest BCUT2D eigenvalue weighted by Gasteiger charge is 2.21. The van der Waals surface area contributed by atoms with E-state index in [0.717, 1.165) is 58.7 Å². The van der Waals surface area contributed by atoms with Gasteiger partial charge in [0, 0.05) is 42.0 Å². The Hall–Kier alpha value is -2.68. The molecule has 1 fully saturated rings. The summed E-state index contributed by atoms with van der Waals surface area (Å²) in [5.74, 6) is 1.68. The average Bonchev–Trinajstić information content (AvgIpc) is 3.45. The molecule has 1 aliphatic heterocycles. The molecule has 0 atom stereocenters. The molecule has 0 aliphatic carbocycles. The fourth-order valence-electron chi connectivity index (χ4n) is 4.04. The minimum atomic E-state index is -0.0473. The Morgan fingerprint density at radius 2 is 1.94 bits per heavy atom. The van der Waals surface area contributed by atoms with Crippen molar-refractivity contribution in [2.45, 2.75) is 13.5 Å². The van der Waals surface area contributed by atoms with Crippen LogP contribution in [0.3, 0.4) is 0 Å². The second-order valence-corrected chi connectivity index (χ2v) is 9.29. The number of para-hydroxylation sites is 2. The number of piperazine rings is 1. The summed E-state index contributed by atoms with van der Waals surface area (Å²) in [6.07, 6.45) is 0. The molecule has 0 bridgehead atoms. The fraction of sp³-hybridized carbons (Fsp3) is 0.304. The Labute approximate surface area is 188 Å². The third-order valence-corrected chi connectivity index (χ3v) is 7.31. The highest BCUT2D eigenvalue weighted by molar-refractivity contribution is 7.18. The van der Waals surface area contributed by atoms with Crippen LogP contribution in [0.4, 0.5) is 5.69 Å². The summed E-state index contributed by atoms with van der Waals surface area (Å²) in [6.45, 7) is 6.97. The molecule has 1 aromatic carbocycles. The van der Waals surface area contributed by atoms with E-state index in [0.29, 0.717) is 18.5 Å². The normalized spacial score (nSPS) is 14.9. The maximum absolute atomic E-state index is 12.8. The van der Waals surface area contributed by atoms with Crippen LogP contribution in [0, 0.1) is 0 Å². The van der Waals surface area contributed by atoms with Crippen LogP contribution in [-0.4, -0.2) is 47.7 Å². The van der Waals surface area contributed by atoms with Gasteiger partial charge in [-0.2, -0.15) is 0 Å². The van der Waals surface area contributed by atoms with Gasteiger partial charge in [0.05, 0.1) is 24.2 Å². The summed E-state index contributed by atoms with van der Waals surface area (Å²) < 4.78 is 5.79. The van der Waals surface area contributed by atoms with Crippen molar-refractivity contribution in [1.82, 2.24) is 14.9 Å². The van der Waals surface area contributed by atoms with Crippen molar-refractivity contribution in [2.24, 2.45) is 0 Å². The molecule has 3 aromatic heterocycles. The van der Waals surface area contributed by atoms with E-state index < -0.39 is 0 Å². The van der Waals surface area contributed by atoms with Gasteiger partial charge in [-0.05, 0) is 30.5 Å². The molecule has 8 heteroatoms. The molecular weight excluding hydrogens is 428 g/mol. The van der Waals surface area contributed by atoms with Gasteiger partial charge in [-0.3, -0.25) is 9.69 Å². The zero-order valence-corrected chi connectivity index (χ0v) is 19.0. The molecule has 0 saturated carbocycles. The van der Waals surface area contributed by atoms with Crippen molar-refractivity contribution in [3.8, 4) is 16.2 Å². The topological polar surface area (TPSA) is 61.5 Å². The number of aromatic nitrogens is 2. The maximum Gasteiger partial charge on any atom is 0.260 e. The molecule has 5 rings (SSSR count). The monoisotopic (exact) mass is 452 g/mol. The minimum absolute atomic E-state index is 0.0473. The molecule has 4 aromatic rings. The molecule has 160 valence electrons. The predicted octanol–water partition coefficient (Wildman–Crippen LogP) is 4.43. The standard InChI is InChI=1S/C23H24N4O2S2/c1-2-29-18-7-4-3-6-17(18)27-11-9-26(10-12-27)14-20-24-22(28)21-16(15-31-23(21)25-20)19-8-5-13-30-19/h3-8,13,15H,2,9-12,14H2,1H3,(H,24,25,28). The lowest BCUT2D eigenvalue weighted by molar-refractivity contribution is 0.243. The minimum Gasteiger partial charge on any atom is -0.492 e. The first kappa shape index (κ1) is 20.2. The smallest absolute Gasteiger partial charge is 0.260 e. The van der Waals surface area contributed by atoms with E-state index in [1.807, 2.05) is 41.9 Å². The van der Waals surface area contributed by atoms with Gasteiger partial charge in [0.2, 0.25) is 0 Å². The molecule has 1 N–H and O–H groups in total. The van der Waals surface area contributed by atoms with E-state index in [-0.39, 0.29) is 5.56 Å². The molecule has 0 radical (unpaired) electrons. The lowest BCUT2D eigenvalue weighted by Gasteiger charge is -2.36. The third kappa shape index (κ3) is 4.11.